The van der Waals surface area contributed by atoms with E-state index < -0.39 is 7.60 Å². The van der Waals surface area contributed by atoms with Gasteiger partial charge in [0.05, 0.1) is 13.2 Å². The normalized spacial score (nSPS) is 26.9. The van der Waals surface area contributed by atoms with Gasteiger partial charge in [-0.1, -0.05) is 31.9 Å². The van der Waals surface area contributed by atoms with Gasteiger partial charge >= 0.3 is 7.60 Å². The first-order chi connectivity index (χ1) is 5.54. The van der Waals surface area contributed by atoms with Gasteiger partial charge in [0.25, 0.3) is 0 Å². The van der Waals surface area contributed by atoms with Crippen LogP contribution < -0.4 is 0 Å². The molecular weight excluding hydrogens is 311 g/mol. The summed E-state index contributed by atoms with van der Waals surface area (Å²) >= 11 is 6.77. The van der Waals surface area contributed by atoms with Crippen molar-refractivity contribution < 1.29 is 13.6 Å². The van der Waals surface area contributed by atoms with Crippen LogP contribution in [0.3, 0.4) is 0 Å². The molecule has 0 spiro atoms. The SMILES string of the molecule is CP1(=O)OCC(CBr)(CBr)CO1. The van der Waals surface area contributed by atoms with Crippen LogP contribution in [0.5, 0.6) is 0 Å². The summed E-state index contributed by atoms with van der Waals surface area (Å²) in [5.74, 6) is 0. The Morgan fingerprint density at radius 3 is 2.08 bits per heavy atom. The number of hydrogen-bond donors (Lipinski definition) is 0. The maximum absolute atomic E-state index is 11.3. The zero-order chi connectivity index (χ0) is 9.24. The molecule has 0 amide bonds. The molecule has 0 aliphatic carbocycles. The van der Waals surface area contributed by atoms with E-state index in [4.69, 9.17) is 9.05 Å². The predicted molar refractivity (Wildman–Crippen MR) is 55.5 cm³/mol. The first kappa shape index (κ1) is 11.2. The third kappa shape index (κ3) is 2.55. The summed E-state index contributed by atoms with van der Waals surface area (Å²) in [5.41, 5.74) is -0.0656. The third-order valence-electron chi connectivity index (χ3n) is 1.78. The summed E-state index contributed by atoms with van der Waals surface area (Å²) in [5, 5.41) is 1.57. The molecule has 72 valence electrons. The quantitative estimate of drug-likeness (QED) is 0.579. The van der Waals surface area contributed by atoms with E-state index in [9.17, 15) is 4.57 Å². The highest BCUT2D eigenvalue weighted by molar-refractivity contribution is 9.09. The van der Waals surface area contributed by atoms with Gasteiger partial charge in [0.15, 0.2) is 0 Å². The van der Waals surface area contributed by atoms with Crippen molar-refractivity contribution in [3.63, 3.8) is 0 Å². The lowest BCUT2D eigenvalue weighted by atomic mass is 9.96. The topological polar surface area (TPSA) is 35.5 Å². The smallest absolute Gasteiger partial charge is 0.308 e. The Morgan fingerprint density at radius 1 is 1.33 bits per heavy atom. The first-order valence-electron chi connectivity index (χ1n) is 3.52. The van der Waals surface area contributed by atoms with Crippen molar-refractivity contribution in [1.82, 2.24) is 0 Å². The summed E-state index contributed by atoms with van der Waals surface area (Å²) in [6.45, 7) is 2.47. The maximum Gasteiger partial charge on any atom is 0.327 e. The number of hydrogen-bond acceptors (Lipinski definition) is 3. The Bertz CT molecular complexity index is 191. The van der Waals surface area contributed by atoms with Gasteiger partial charge in [-0.2, -0.15) is 0 Å². The molecule has 1 fully saturated rings. The second-order valence-electron chi connectivity index (χ2n) is 3.09. The molecule has 0 atom stereocenters. The Labute approximate surface area is 89.0 Å². The number of rotatable bonds is 2. The molecule has 0 radical (unpaired) electrons. The highest BCUT2D eigenvalue weighted by Crippen LogP contribution is 2.50. The van der Waals surface area contributed by atoms with E-state index in [2.05, 4.69) is 31.9 Å². The molecule has 1 aliphatic heterocycles. The highest BCUT2D eigenvalue weighted by Gasteiger charge is 2.38. The van der Waals surface area contributed by atoms with Crippen LogP contribution >= 0.6 is 39.5 Å². The van der Waals surface area contributed by atoms with E-state index in [0.717, 1.165) is 10.7 Å². The van der Waals surface area contributed by atoms with Crippen LogP contribution in [0.1, 0.15) is 0 Å². The van der Waals surface area contributed by atoms with Crippen LogP contribution in [0, 0.1) is 5.41 Å². The van der Waals surface area contributed by atoms with Gasteiger partial charge in [-0.25, -0.2) is 0 Å². The fourth-order valence-electron chi connectivity index (χ4n) is 0.777. The molecule has 3 nitrogen and oxygen atoms in total. The predicted octanol–water partition coefficient (Wildman–Crippen LogP) is 2.63. The van der Waals surface area contributed by atoms with Crippen LogP contribution in [-0.4, -0.2) is 30.5 Å². The van der Waals surface area contributed by atoms with Crippen LogP contribution in [0.25, 0.3) is 0 Å². The second-order valence-corrected chi connectivity index (χ2v) is 6.27. The molecule has 0 aromatic heterocycles. The summed E-state index contributed by atoms with van der Waals surface area (Å²) in [4.78, 5) is 0. The molecule has 6 heteroatoms. The molecule has 1 heterocycles. The average Bonchev–Trinajstić information content (AvgIpc) is 2.06. The van der Waals surface area contributed by atoms with Crippen molar-refractivity contribution in [3.05, 3.63) is 0 Å². The fraction of sp³-hybridized carbons (Fsp3) is 1.00. The summed E-state index contributed by atoms with van der Waals surface area (Å²) in [7, 11) is -2.73. The minimum absolute atomic E-state index is 0.0656. The molecule has 1 aliphatic rings. The third-order valence-corrected chi connectivity index (χ3v) is 5.35. The monoisotopic (exact) mass is 320 g/mol. The van der Waals surface area contributed by atoms with Gasteiger partial charge in [-0.15, -0.1) is 0 Å². The molecule has 0 bridgehead atoms. The summed E-state index contributed by atoms with van der Waals surface area (Å²) < 4.78 is 21.6. The van der Waals surface area contributed by atoms with E-state index in [1.165, 1.54) is 6.66 Å². The van der Waals surface area contributed by atoms with E-state index in [1.807, 2.05) is 0 Å². The Balaban J connectivity index is 2.59. The van der Waals surface area contributed by atoms with Gasteiger partial charge < -0.3 is 9.05 Å². The minimum Gasteiger partial charge on any atom is -0.308 e. The summed E-state index contributed by atoms with van der Waals surface area (Å²) in [6.07, 6.45) is 0. The van der Waals surface area contributed by atoms with Crippen molar-refractivity contribution in [2.45, 2.75) is 0 Å². The van der Waals surface area contributed by atoms with Gasteiger partial charge in [0, 0.05) is 22.7 Å². The van der Waals surface area contributed by atoms with Crippen LogP contribution in [0.4, 0.5) is 0 Å². The van der Waals surface area contributed by atoms with E-state index in [1.54, 1.807) is 0 Å². The zero-order valence-corrected chi connectivity index (χ0v) is 10.8. The van der Waals surface area contributed by atoms with Crippen molar-refractivity contribution >= 4 is 39.5 Å². The van der Waals surface area contributed by atoms with Crippen LogP contribution in [-0.2, 0) is 13.6 Å². The largest absolute Gasteiger partial charge is 0.327 e. The first-order valence-corrected chi connectivity index (χ1v) is 7.75. The van der Waals surface area contributed by atoms with Crippen LogP contribution in [0.15, 0.2) is 0 Å². The molecule has 0 aromatic rings. The average molecular weight is 322 g/mol. The fourth-order valence-corrected chi connectivity index (χ4v) is 3.44. The van der Waals surface area contributed by atoms with Gasteiger partial charge in [-0.3, -0.25) is 4.57 Å². The molecule has 1 saturated heterocycles. The van der Waals surface area contributed by atoms with Gasteiger partial charge in [0.1, 0.15) is 0 Å². The van der Waals surface area contributed by atoms with Crippen molar-refractivity contribution in [2.75, 3.05) is 30.5 Å². The Hall–Kier alpha value is 1.11. The lowest BCUT2D eigenvalue weighted by molar-refractivity contribution is 0.0516. The molecule has 12 heavy (non-hydrogen) atoms. The van der Waals surface area contributed by atoms with Gasteiger partial charge in [0.2, 0.25) is 0 Å². The van der Waals surface area contributed by atoms with E-state index in [-0.39, 0.29) is 5.41 Å². The minimum atomic E-state index is -2.73. The van der Waals surface area contributed by atoms with Crippen LogP contribution in [0.2, 0.25) is 0 Å². The van der Waals surface area contributed by atoms with Gasteiger partial charge in [-0.05, 0) is 0 Å². The molecule has 1 rings (SSSR count). The van der Waals surface area contributed by atoms with E-state index in [0.29, 0.717) is 13.2 Å². The number of halogens is 2. The van der Waals surface area contributed by atoms with Crippen molar-refractivity contribution in [1.29, 1.82) is 0 Å². The lowest BCUT2D eigenvalue weighted by Gasteiger charge is -2.35. The zero-order valence-electron chi connectivity index (χ0n) is 6.76. The van der Waals surface area contributed by atoms with Crippen molar-refractivity contribution in [3.8, 4) is 0 Å². The molecule has 0 aromatic carbocycles. The molecule has 0 saturated carbocycles. The highest BCUT2D eigenvalue weighted by atomic mass is 79.9. The maximum atomic E-state index is 11.3. The van der Waals surface area contributed by atoms with Crippen molar-refractivity contribution in [2.24, 2.45) is 5.41 Å². The van der Waals surface area contributed by atoms with E-state index >= 15 is 0 Å². The second kappa shape index (κ2) is 4.09. The summed E-state index contributed by atoms with van der Waals surface area (Å²) in [6, 6.07) is 0. The molecular formula is C6H11Br2O3P. The standard InChI is InChI=1S/C6H11Br2O3P/c1-12(9)10-4-6(2-7,3-8)5-11-12/h2-5H2,1H3. The number of alkyl halides is 2. The molecule has 0 unspecified atom stereocenters. The molecule has 0 N–H and O–H groups in total. The lowest BCUT2D eigenvalue weighted by Crippen LogP contribution is -2.38. The Morgan fingerprint density at radius 2 is 1.75 bits per heavy atom. The Kier molecular flexibility index (Phi) is 3.82.